The van der Waals surface area contributed by atoms with Crippen LogP contribution >= 0.6 is 0 Å². The second-order valence-corrected chi connectivity index (χ2v) is 3.65. The van der Waals surface area contributed by atoms with E-state index in [1.807, 2.05) is 32.4 Å². The number of nitrogens with two attached hydrogens (primary N) is 1. The SMILES string of the molecule is CC1=CN(c2ccn(C)n2)C(O)C(N)=C1. The third-order valence-electron chi connectivity index (χ3n) is 2.26. The van der Waals surface area contributed by atoms with Crippen molar-refractivity contribution >= 4 is 5.82 Å². The zero-order valence-electron chi connectivity index (χ0n) is 8.75. The molecule has 3 N–H and O–H groups in total. The Morgan fingerprint density at radius 3 is 2.87 bits per heavy atom. The van der Waals surface area contributed by atoms with Gasteiger partial charge in [-0.1, -0.05) is 0 Å². The molecule has 1 atom stereocenters. The lowest BCUT2D eigenvalue weighted by Crippen LogP contribution is -2.37. The van der Waals surface area contributed by atoms with Gasteiger partial charge in [0.1, 0.15) is 0 Å². The summed E-state index contributed by atoms with van der Waals surface area (Å²) < 4.78 is 1.68. The fourth-order valence-electron chi connectivity index (χ4n) is 1.56. The fraction of sp³-hybridized carbons (Fsp3) is 0.300. The van der Waals surface area contributed by atoms with Crippen LogP contribution < -0.4 is 10.6 Å². The first-order valence-electron chi connectivity index (χ1n) is 4.69. The van der Waals surface area contributed by atoms with Crippen molar-refractivity contribution < 1.29 is 5.11 Å². The van der Waals surface area contributed by atoms with E-state index in [4.69, 9.17) is 5.73 Å². The highest BCUT2D eigenvalue weighted by molar-refractivity contribution is 5.49. The lowest BCUT2D eigenvalue weighted by molar-refractivity contribution is 0.211. The first-order valence-corrected chi connectivity index (χ1v) is 4.69. The molecule has 2 heterocycles. The van der Waals surface area contributed by atoms with Crippen molar-refractivity contribution in [2.75, 3.05) is 4.90 Å². The number of aryl methyl sites for hydroxylation is 1. The Kier molecular flexibility index (Phi) is 2.24. The van der Waals surface area contributed by atoms with Gasteiger partial charge in [-0.15, -0.1) is 0 Å². The molecule has 80 valence electrons. The molecule has 0 radical (unpaired) electrons. The Labute approximate surface area is 88.1 Å². The van der Waals surface area contributed by atoms with Gasteiger partial charge in [-0.25, -0.2) is 0 Å². The van der Waals surface area contributed by atoms with Crippen molar-refractivity contribution in [2.24, 2.45) is 12.8 Å². The molecule has 0 aromatic carbocycles. The third kappa shape index (κ3) is 1.73. The lowest BCUT2D eigenvalue weighted by Gasteiger charge is -2.28. The van der Waals surface area contributed by atoms with Crippen LogP contribution in [-0.4, -0.2) is 21.1 Å². The number of aliphatic hydroxyl groups excluding tert-OH is 1. The minimum Gasteiger partial charge on any atom is -0.398 e. The maximum Gasteiger partial charge on any atom is 0.172 e. The number of rotatable bonds is 1. The van der Waals surface area contributed by atoms with E-state index in [0.717, 1.165) is 5.57 Å². The minimum absolute atomic E-state index is 0.431. The Hall–Kier alpha value is -1.75. The van der Waals surface area contributed by atoms with Crippen LogP contribution in [0.15, 0.2) is 35.8 Å². The van der Waals surface area contributed by atoms with E-state index in [1.165, 1.54) is 0 Å². The topological polar surface area (TPSA) is 67.3 Å². The monoisotopic (exact) mass is 206 g/mol. The maximum absolute atomic E-state index is 9.86. The number of anilines is 1. The zero-order valence-corrected chi connectivity index (χ0v) is 8.75. The van der Waals surface area contributed by atoms with E-state index >= 15 is 0 Å². The summed E-state index contributed by atoms with van der Waals surface area (Å²) in [5.74, 6) is 0.681. The fourth-order valence-corrected chi connectivity index (χ4v) is 1.56. The van der Waals surface area contributed by atoms with Crippen molar-refractivity contribution in [1.29, 1.82) is 0 Å². The molecule has 0 bridgehead atoms. The molecule has 1 unspecified atom stereocenters. The Morgan fingerprint density at radius 1 is 1.53 bits per heavy atom. The Balaban J connectivity index is 2.35. The van der Waals surface area contributed by atoms with Gasteiger partial charge in [0.25, 0.3) is 0 Å². The Morgan fingerprint density at radius 2 is 2.27 bits per heavy atom. The molecule has 0 fully saturated rings. The van der Waals surface area contributed by atoms with Gasteiger partial charge < -0.3 is 10.8 Å². The molecule has 5 heteroatoms. The molecule has 0 aliphatic carbocycles. The van der Waals surface area contributed by atoms with Crippen molar-refractivity contribution in [2.45, 2.75) is 13.2 Å². The average molecular weight is 206 g/mol. The summed E-state index contributed by atoms with van der Waals surface area (Å²) in [6.45, 7) is 1.93. The van der Waals surface area contributed by atoms with E-state index in [1.54, 1.807) is 15.7 Å². The first-order chi connectivity index (χ1) is 7.08. The van der Waals surface area contributed by atoms with Crippen LogP contribution in [0.4, 0.5) is 5.82 Å². The zero-order chi connectivity index (χ0) is 11.0. The highest BCUT2D eigenvalue weighted by Crippen LogP contribution is 2.21. The lowest BCUT2D eigenvalue weighted by atomic mass is 10.2. The van der Waals surface area contributed by atoms with Crippen LogP contribution in [0, 0.1) is 0 Å². The van der Waals surface area contributed by atoms with E-state index in [9.17, 15) is 5.11 Å². The predicted octanol–water partition coefficient (Wildman–Crippen LogP) is 0.305. The van der Waals surface area contributed by atoms with Gasteiger partial charge in [0.05, 0.1) is 5.70 Å². The molecule has 0 saturated carbocycles. The summed E-state index contributed by atoms with van der Waals surface area (Å²) in [6.07, 6.45) is 4.57. The Bertz CT molecular complexity index is 432. The van der Waals surface area contributed by atoms with Crippen molar-refractivity contribution in [3.05, 3.63) is 35.8 Å². The van der Waals surface area contributed by atoms with Crippen LogP contribution in [0.2, 0.25) is 0 Å². The smallest absolute Gasteiger partial charge is 0.172 e. The molecule has 15 heavy (non-hydrogen) atoms. The summed E-state index contributed by atoms with van der Waals surface area (Å²) in [5, 5.41) is 14.1. The molecular weight excluding hydrogens is 192 g/mol. The van der Waals surface area contributed by atoms with Gasteiger partial charge >= 0.3 is 0 Å². The van der Waals surface area contributed by atoms with Gasteiger partial charge in [0, 0.05) is 25.5 Å². The second-order valence-electron chi connectivity index (χ2n) is 3.65. The van der Waals surface area contributed by atoms with Crippen molar-refractivity contribution in [3.63, 3.8) is 0 Å². The summed E-state index contributed by atoms with van der Waals surface area (Å²) in [6, 6.07) is 1.82. The summed E-state index contributed by atoms with van der Waals surface area (Å²) >= 11 is 0. The molecule has 2 rings (SSSR count). The van der Waals surface area contributed by atoms with Gasteiger partial charge in [-0.2, -0.15) is 5.10 Å². The molecule has 0 amide bonds. The average Bonchev–Trinajstić information content (AvgIpc) is 2.58. The van der Waals surface area contributed by atoms with Crippen LogP contribution in [0.3, 0.4) is 0 Å². The number of allylic oxidation sites excluding steroid dienone is 2. The van der Waals surface area contributed by atoms with E-state index in [0.29, 0.717) is 11.5 Å². The van der Waals surface area contributed by atoms with Gasteiger partial charge in [-0.05, 0) is 18.6 Å². The number of nitrogens with zero attached hydrogens (tertiary/aromatic N) is 3. The minimum atomic E-state index is -0.830. The number of hydrogen-bond acceptors (Lipinski definition) is 4. The third-order valence-corrected chi connectivity index (χ3v) is 2.26. The summed E-state index contributed by atoms with van der Waals surface area (Å²) in [5.41, 5.74) is 7.12. The van der Waals surface area contributed by atoms with Gasteiger partial charge in [0.15, 0.2) is 12.0 Å². The van der Waals surface area contributed by atoms with Crippen LogP contribution in [-0.2, 0) is 7.05 Å². The van der Waals surface area contributed by atoms with Gasteiger partial charge in [0.2, 0.25) is 0 Å². The van der Waals surface area contributed by atoms with E-state index < -0.39 is 6.23 Å². The largest absolute Gasteiger partial charge is 0.398 e. The molecular formula is C10H14N4O. The molecule has 1 aliphatic heterocycles. The maximum atomic E-state index is 9.86. The second kappa shape index (κ2) is 3.43. The number of aromatic nitrogens is 2. The van der Waals surface area contributed by atoms with Crippen molar-refractivity contribution in [3.8, 4) is 0 Å². The van der Waals surface area contributed by atoms with Crippen LogP contribution in [0.5, 0.6) is 0 Å². The normalized spacial score (nSPS) is 21.3. The quantitative estimate of drug-likeness (QED) is 0.693. The number of hydrogen-bond donors (Lipinski definition) is 2. The number of aliphatic hydroxyl groups is 1. The van der Waals surface area contributed by atoms with E-state index in [2.05, 4.69) is 5.10 Å². The molecule has 0 spiro atoms. The summed E-state index contributed by atoms with van der Waals surface area (Å²) in [4.78, 5) is 1.64. The molecule has 0 saturated heterocycles. The molecule has 1 aliphatic rings. The molecule has 1 aromatic heterocycles. The van der Waals surface area contributed by atoms with Crippen LogP contribution in [0.25, 0.3) is 0 Å². The first kappa shape index (κ1) is 9.79. The summed E-state index contributed by atoms with van der Waals surface area (Å²) in [7, 11) is 1.83. The predicted molar refractivity (Wildman–Crippen MR) is 57.7 cm³/mol. The highest BCUT2D eigenvalue weighted by Gasteiger charge is 2.21. The standard InChI is InChI=1S/C10H14N4O/c1-7-5-8(11)10(15)14(6-7)9-3-4-13(2)12-9/h3-6,10,15H,11H2,1-2H3. The van der Waals surface area contributed by atoms with Crippen LogP contribution in [0.1, 0.15) is 6.92 Å². The van der Waals surface area contributed by atoms with Gasteiger partial charge in [-0.3, -0.25) is 9.58 Å². The van der Waals surface area contributed by atoms with Crippen molar-refractivity contribution in [1.82, 2.24) is 9.78 Å². The highest BCUT2D eigenvalue weighted by atomic mass is 16.3. The molecule has 5 nitrogen and oxygen atoms in total. The molecule has 1 aromatic rings. The van der Waals surface area contributed by atoms with E-state index in [-0.39, 0.29) is 0 Å².